The van der Waals surface area contributed by atoms with E-state index in [1.165, 1.54) is 99.2 Å². The Kier molecular flexibility index (Phi) is 7.37. The summed E-state index contributed by atoms with van der Waals surface area (Å²) in [6, 6.07) is 67.6. The molecule has 0 spiro atoms. The molecule has 0 saturated carbocycles. The van der Waals surface area contributed by atoms with E-state index in [4.69, 9.17) is 0 Å². The number of hydrogen-bond acceptors (Lipinski definition) is 1. The third kappa shape index (κ3) is 5.39. The van der Waals surface area contributed by atoms with Crippen molar-refractivity contribution in [3.8, 4) is 39.1 Å². The molecule has 0 N–H and O–H groups in total. The minimum atomic E-state index is 0.0237. The maximum absolute atomic E-state index is 2.45. The Morgan fingerprint density at radius 3 is 1.65 bits per heavy atom. The number of aromatic nitrogens is 1. The summed E-state index contributed by atoms with van der Waals surface area (Å²) in [7, 11) is 0. The second-order valence-corrected chi connectivity index (χ2v) is 16.7. The van der Waals surface area contributed by atoms with Crippen LogP contribution in [-0.2, 0) is 5.41 Å². The summed E-state index contributed by atoms with van der Waals surface area (Å²) in [6.07, 6.45) is 0. The van der Waals surface area contributed by atoms with Gasteiger partial charge in [-0.15, -0.1) is 0 Å². The van der Waals surface area contributed by atoms with Crippen LogP contribution in [0.5, 0.6) is 0 Å². The van der Waals surface area contributed by atoms with Gasteiger partial charge in [0.25, 0.3) is 0 Å². The van der Waals surface area contributed by atoms with E-state index in [9.17, 15) is 0 Å². The second-order valence-electron chi connectivity index (χ2n) is 16.7. The summed E-state index contributed by atoms with van der Waals surface area (Å²) in [5.74, 6) is 0. The van der Waals surface area contributed by atoms with Gasteiger partial charge in [0.1, 0.15) is 0 Å². The van der Waals surface area contributed by atoms with Crippen molar-refractivity contribution in [2.24, 2.45) is 0 Å². The number of benzene rings is 9. The Balaban J connectivity index is 1.02. The van der Waals surface area contributed by atoms with Crippen molar-refractivity contribution in [3.63, 3.8) is 0 Å². The number of anilines is 3. The topological polar surface area (TPSA) is 8.17 Å². The van der Waals surface area contributed by atoms with E-state index in [-0.39, 0.29) is 5.41 Å². The van der Waals surface area contributed by atoms with E-state index < -0.39 is 0 Å². The quantitative estimate of drug-likeness (QED) is 0.171. The van der Waals surface area contributed by atoms with Crippen LogP contribution in [0.25, 0.3) is 82.4 Å². The van der Waals surface area contributed by atoms with Gasteiger partial charge in [-0.25, -0.2) is 0 Å². The molecule has 0 radical (unpaired) electrons. The molecule has 57 heavy (non-hydrogen) atoms. The molecule has 10 aromatic rings. The summed E-state index contributed by atoms with van der Waals surface area (Å²) in [5, 5.41) is 7.58. The number of nitrogens with zero attached hydrogens (tertiary/aromatic N) is 2. The minimum Gasteiger partial charge on any atom is -0.310 e. The van der Waals surface area contributed by atoms with E-state index in [0.717, 1.165) is 11.4 Å². The molecule has 0 atom stereocenters. The van der Waals surface area contributed by atoms with Crippen LogP contribution in [0, 0.1) is 6.92 Å². The Hall–Kier alpha value is -6.90. The lowest BCUT2D eigenvalue weighted by atomic mass is 9.78. The van der Waals surface area contributed by atoms with Crippen LogP contribution in [0.1, 0.15) is 31.9 Å². The third-order valence-corrected chi connectivity index (χ3v) is 12.1. The van der Waals surface area contributed by atoms with Gasteiger partial charge in [-0.1, -0.05) is 124 Å². The van der Waals surface area contributed by atoms with E-state index in [0.29, 0.717) is 0 Å². The van der Waals surface area contributed by atoms with Crippen LogP contribution in [0.3, 0.4) is 0 Å². The first-order valence-electron chi connectivity index (χ1n) is 20.0. The van der Waals surface area contributed by atoms with Crippen LogP contribution in [0.2, 0.25) is 0 Å². The molecule has 1 aliphatic carbocycles. The molecule has 1 aromatic heterocycles. The van der Waals surface area contributed by atoms with Crippen LogP contribution in [0.15, 0.2) is 182 Å². The molecule has 0 amide bonds. The normalized spacial score (nSPS) is 12.2. The van der Waals surface area contributed by atoms with Crippen molar-refractivity contribution in [1.29, 1.82) is 0 Å². The maximum Gasteiger partial charge on any atom is 0.0541 e. The van der Waals surface area contributed by atoms with Gasteiger partial charge in [0.2, 0.25) is 0 Å². The first-order valence-corrected chi connectivity index (χ1v) is 20.0. The molecule has 0 bridgehead atoms. The Morgan fingerprint density at radius 2 is 0.982 bits per heavy atom. The molecular formula is C55H42N2. The first kappa shape index (κ1) is 33.4. The average Bonchev–Trinajstić information content (AvgIpc) is 3.57. The third-order valence-electron chi connectivity index (χ3n) is 12.1. The molecule has 0 saturated heterocycles. The zero-order valence-corrected chi connectivity index (χ0v) is 32.7. The van der Waals surface area contributed by atoms with Gasteiger partial charge < -0.3 is 9.47 Å². The second kappa shape index (κ2) is 12.6. The van der Waals surface area contributed by atoms with Gasteiger partial charge in [-0.05, 0) is 157 Å². The van der Waals surface area contributed by atoms with Crippen LogP contribution in [0.4, 0.5) is 17.1 Å². The van der Waals surface area contributed by atoms with Crippen LogP contribution < -0.4 is 4.90 Å². The number of rotatable bonds is 5. The lowest BCUT2D eigenvalue weighted by molar-refractivity contribution is 0.590. The molecule has 1 aliphatic rings. The highest BCUT2D eigenvalue weighted by atomic mass is 15.1. The van der Waals surface area contributed by atoms with E-state index >= 15 is 0 Å². The monoisotopic (exact) mass is 730 g/mol. The molecule has 9 aromatic carbocycles. The summed E-state index contributed by atoms with van der Waals surface area (Å²) < 4.78 is 2.41. The van der Waals surface area contributed by atoms with Gasteiger partial charge in [0.05, 0.1) is 11.0 Å². The molecule has 0 unspecified atom stereocenters. The van der Waals surface area contributed by atoms with Crippen molar-refractivity contribution in [3.05, 3.63) is 193 Å². The number of hydrogen-bond donors (Lipinski definition) is 0. The van der Waals surface area contributed by atoms with E-state index in [2.05, 4.69) is 219 Å². The lowest BCUT2D eigenvalue weighted by Crippen LogP contribution is -2.15. The fraction of sp³-hybridized carbons (Fsp3) is 0.0909. The molecule has 0 aliphatic heterocycles. The predicted molar refractivity (Wildman–Crippen MR) is 244 cm³/mol. The van der Waals surface area contributed by atoms with Crippen molar-refractivity contribution >= 4 is 60.4 Å². The fourth-order valence-corrected chi connectivity index (χ4v) is 9.08. The van der Waals surface area contributed by atoms with Gasteiger partial charge in [0, 0.05) is 33.5 Å². The Morgan fingerprint density at radius 1 is 0.421 bits per heavy atom. The highest BCUT2D eigenvalue weighted by Gasteiger charge is 2.25. The smallest absolute Gasteiger partial charge is 0.0541 e. The standard InChI is InChI=1S/C55H42N2/c1-35-21-24-42(55(2,3)4)34-54(35)56(43-16-12-15-37(27-43)36-13-6-5-7-14-36)44-25-22-38-30-48-50(32-40(38)28-44)49-31-39-23-26-45(29-41(39)33-51(48)49)57-52-19-10-8-17-46(52)47-18-9-11-20-53(47)57/h5-34H,1-4H3. The number of para-hydroxylation sites is 2. The van der Waals surface area contributed by atoms with E-state index in [1.807, 2.05) is 0 Å². The number of aryl methyl sites for hydroxylation is 1. The molecule has 2 heteroatoms. The molecule has 1 heterocycles. The zero-order chi connectivity index (χ0) is 38.4. The first-order chi connectivity index (χ1) is 27.8. The SMILES string of the molecule is Cc1ccc(C(C)(C)C)cc1N(c1cccc(-c2ccccc2)c1)c1ccc2cc3c(cc2c1)-c1cc2ccc(-n4c5ccccc5c5ccccc54)cc2cc1-3. The highest BCUT2D eigenvalue weighted by molar-refractivity contribution is 6.13. The lowest BCUT2D eigenvalue weighted by Gasteiger charge is -2.30. The average molecular weight is 731 g/mol. The highest BCUT2D eigenvalue weighted by Crippen LogP contribution is 2.51. The van der Waals surface area contributed by atoms with Gasteiger partial charge in [-0.3, -0.25) is 0 Å². The summed E-state index contributed by atoms with van der Waals surface area (Å²) in [6.45, 7) is 9.11. The summed E-state index contributed by atoms with van der Waals surface area (Å²) in [4.78, 5) is 2.45. The molecule has 2 nitrogen and oxygen atoms in total. The van der Waals surface area contributed by atoms with Crippen molar-refractivity contribution < 1.29 is 0 Å². The Bertz CT molecular complexity index is 3180. The van der Waals surface area contributed by atoms with Crippen molar-refractivity contribution in [1.82, 2.24) is 4.57 Å². The van der Waals surface area contributed by atoms with Gasteiger partial charge in [0.15, 0.2) is 0 Å². The van der Waals surface area contributed by atoms with Gasteiger partial charge >= 0.3 is 0 Å². The molecule has 272 valence electrons. The molecular weight excluding hydrogens is 689 g/mol. The van der Waals surface area contributed by atoms with Crippen LogP contribution >= 0.6 is 0 Å². The van der Waals surface area contributed by atoms with Crippen LogP contribution in [-0.4, -0.2) is 4.57 Å². The van der Waals surface area contributed by atoms with Gasteiger partial charge in [-0.2, -0.15) is 0 Å². The number of fused-ring (bicyclic) bond motifs is 9. The Labute approximate surface area is 333 Å². The zero-order valence-electron chi connectivity index (χ0n) is 32.7. The molecule has 0 fully saturated rings. The van der Waals surface area contributed by atoms with Crippen molar-refractivity contribution in [2.75, 3.05) is 4.90 Å². The predicted octanol–water partition coefficient (Wildman–Crippen LogP) is 15.5. The minimum absolute atomic E-state index is 0.0237. The summed E-state index contributed by atoms with van der Waals surface area (Å²) >= 11 is 0. The molecule has 11 rings (SSSR count). The van der Waals surface area contributed by atoms with E-state index in [1.54, 1.807) is 0 Å². The largest absolute Gasteiger partial charge is 0.310 e. The summed E-state index contributed by atoms with van der Waals surface area (Å²) in [5.41, 5.74) is 17.5. The maximum atomic E-state index is 2.45. The van der Waals surface area contributed by atoms with Crippen molar-refractivity contribution in [2.45, 2.75) is 33.1 Å². The fourth-order valence-electron chi connectivity index (χ4n) is 9.08.